The van der Waals surface area contributed by atoms with Gasteiger partial charge in [-0.3, -0.25) is 25.5 Å². The van der Waals surface area contributed by atoms with E-state index < -0.39 is 13.5 Å². The summed E-state index contributed by atoms with van der Waals surface area (Å²) >= 11 is 7.63. The van der Waals surface area contributed by atoms with Crippen molar-refractivity contribution in [3.8, 4) is 0 Å². The van der Waals surface area contributed by atoms with Crippen LogP contribution in [0.4, 0.5) is 0 Å². The molecule has 5 N–H and O–H groups in total. The minimum Gasteiger partial charge on any atom is -0.279 e. The molecule has 0 saturated heterocycles. The maximum absolute atomic E-state index is 11.4. The molecule has 1 rings (SSSR count). The number of hydrogen-bond donors (Lipinski definition) is 3. The number of hydrogen-bond acceptors (Lipinski definition) is 3. The van der Waals surface area contributed by atoms with Gasteiger partial charge in [-0.2, -0.15) is 0 Å². The van der Waals surface area contributed by atoms with Crippen molar-refractivity contribution in [3.63, 3.8) is 0 Å². The smallest absolute Gasteiger partial charge is 0.279 e. The van der Waals surface area contributed by atoms with Crippen molar-refractivity contribution in [1.29, 1.82) is 0 Å². The molecule has 0 bridgehead atoms. The predicted molar refractivity (Wildman–Crippen MR) is 63.2 cm³/mol. The molecular formula is C5H6Br2N3O2PS. The Labute approximate surface area is 101 Å². The number of amides is 1. The fourth-order valence-electron chi connectivity index (χ4n) is 0.672. The zero-order valence-corrected chi connectivity index (χ0v) is 11.5. The lowest BCUT2D eigenvalue weighted by molar-refractivity contribution is 0.0984. The molecule has 9 heteroatoms. The summed E-state index contributed by atoms with van der Waals surface area (Å²) < 4.78 is 12.4. The highest BCUT2D eigenvalue weighted by Gasteiger charge is 2.17. The molecule has 0 aliphatic rings. The lowest BCUT2D eigenvalue weighted by Crippen LogP contribution is -2.27. The van der Waals surface area contributed by atoms with Gasteiger partial charge >= 0.3 is 7.59 Å². The predicted octanol–water partition coefficient (Wildman–Crippen LogP) is 2.03. The lowest BCUT2D eigenvalue weighted by Gasteiger charge is -2.06. The third-order valence-electron chi connectivity index (χ3n) is 1.15. The van der Waals surface area contributed by atoms with Crippen molar-refractivity contribution < 1.29 is 9.36 Å². The van der Waals surface area contributed by atoms with Crippen molar-refractivity contribution in [3.05, 3.63) is 19.2 Å². The van der Waals surface area contributed by atoms with Gasteiger partial charge in [-0.15, -0.1) is 11.3 Å². The highest BCUT2D eigenvalue weighted by atomic mass is 79.9. The number of rotatable bonds is 2. The van der Waals surface area contributed by atoms with E-state index >= 15 is 0 Å². The fraction of sp³-hybridized carbons (Fsp3) is 0. The van der Waals surface area contributed by atoms with Gasteiger partial charge in [-0.25, -0.2) is 0 Å². The van der Waals surface area contributed by atoms with Crippen LogP contribution in [-0.2, 0) is 4.57 Å². The van der Waals surface area contributed by atoms with E-state index in [1.807, 2.05) is 5.09 Å². The quantitative estimate of drug-likeness (QED) is 0.701. The molecule has 14 heavy (non-hydrogen) atoms. The van der Waals surface area contributed by atoms with Crippen LogP contribution in [0.5, 0.6) is 0 Å². The monoisotopic (exact) mass is 361 g/mol. The van der Waals surface area contributed by atoms with Crippen LogP contribution in [0.15, 0.2) is 14.3 Å². The molecular weight excluding hydrogens is 357 g/mol. The third kappa shape index (κ3) is 3.45. The molecule has 0 aliphatic carbocycles. The molecule has 0 saturated carbocycles. The van der Waals surface area contributed by atoms with Crippen LogP contribution in [0.25, 0.3) is 0 Å². The first-order valence-corrected chi connectivity index (χ1v) is 7.49. The fourth-order valence-corrected chi connectivity index (χ4v) is 3.12. The van der Waals surface area contributed by atoms with Gasteiger partial charge in [-0.05, 0) is 37.9 Å². The molecule has 0 spiro atoms. The van der Waals surface area contributed by atoms with E-state index in [1.54, 1.807) is 6.07 Å². The third-order valence-corrected chi connectivity index (χ3v) is 4.95. The van der Waals surface area contributed by atoms with Crippen molar-refractivity contribution in [2.45, 2.75) is 0 Å². The first-order valence-electron chi connectivity index (χ1n) is 3.24. The van der Waals surface area contributed by atoms with E-state index in [1.165, 1.54) is 11.3 Å². The molecule has 1 heterocycles. The van der Waals surface area contributed by atoms with Crippen LogP contribution >= 0.6 is 50.8 Å². The van der Waals surface area contributed by atoms with Gasteiger partial charge < -0.3 is 0 Å². The Kier molecular flexibility index (Phi) is 3.90. The van der Waals surface area contributed by atoms with Gasteiger partial charge in [0.25, 0.3) is 5.91 Å². The number of nitrogens with two attached hydrogens (primary N) is 2. The zero-order chi connectivity index (χ0) is 10.9. The van der Waals surface area contributed by atoms with Crippen molar-refractivity contribution >= 4 is 56.7 Å². The van der Waals surface area contributed by atoms with E-state index in [0.29, 0.717) is 4.88 Å². The average molecular weight is 363 g/mol. The molecule has 1 aromatic rings. The van der Waals surface area contributed by atoms with Gasteiger partial charge in [0.1, 0.15) is 0 Å². The summed E-state index contributed by atoms with van der Waals surface area (Å²) in [6, 6.07) is 1.58. The normalized spacial score (nSPS) is 11.4. The molecule has 0 aromatic carbocycles. The highest BCUT2D eigenvalue weighted by molar-refractivity contribution is 9.13. The summed E-state index contributed by atoms with van der Waals surface area (Å²) in [5, 5.41) is 2.02. The number of carbonyl (C=O) groups is 1. The summed E-state index contributed by atoms with van der Waals surface area (Å²) in [4.78, 5) is 11.7. The molecule has 0 aliphatic heterocycles. The maximum Gasteiger partial charge on any atom is 0.300 e. The van der Waals surface area contributed by atoms with E-state index in [-0.39, 0.29) is 0 Å². The number of thiophene rings is 1. The summed E-state index contributed by atoms with van der Waals surface area (Å²) in [6.45, 7) is 0. The Morgan fingerprint density at radius 3 is 2.43 bits per heavy atom. The number of nitrogens with one attached hydrogen (secondary N) is 1. The van der Waals surface area contributed by atoms with E-state index in [0.717, 1.165) is 8.26 Å². The van der Waals surface area contributed by atoms with Crippen LogP contribution in [0.3, 0.4) is 0 Å². The minimum absolute atomic E-state index is 0.375. The second-order valence-corrected chi connectivity index (χ2v) is 7.25. The Morgan fingerprint density at radius 1 is 1.50 bits per heavy atom. The molecule has 0 unspecified atom stereocenters. The Balaban J connectivity index is 2.86. The SMILES string of the molecule is NP(N)(=O)NC(=O)c1cc(Br)c(Br)s1. The van der Waals surface area contributed by atoms with Gasteiger partial charge in [0.2, 0.25) is 0 Å². The van der Waals surface area contributed by atoms with E-state index in [4.69, 9.17) is 11.0 Å². The Morgan fingerprint density at radius 2 is 2.07 bits per heavy atom. The Bertz CT molecular complexity index is 396. The van der Waals surface area contributed by atoms with Crippen LogP contribution in [0, 0.1) is 0 Å². The molecule has 0 atom stereocenters. The van der Waals surface area contributed by atoms with E-state index in [2.05, 4.69) is 31.9 Å². The maximum atomic E-state index is 11.4. The summed E-state index contributed by atoms with van der Waals surface area (Å²) in [6.07, 6.45) is 0. The first kappa shape index (κ1) is 12.4. The second kappa shape index (κ2) is 4.42. The molecule has 5 nitrogen and oxygen atoms in total. The lowest BCUT2D eigenvalue weighted by atomic mass is 10.5. The van der Waals surface area contributed by atoms with Gasteiger partial charge in [0.15, 0.2) is 0 Å². The Hall–Kier alpha value is 0.280. The molecule has 0 fully saturated rings. The molecule has 1 amide bonds. The largest absolute Gasteiger partial charge is 0.300 e. The van der Waals surface area contributed by atoms with Crippen molar-refractivity contribution in [2.75, 3.05) is 0 Å². The van der Waals surface area contributed by atoms with Crippen LogP contribution in [-0.4, -0.2) is 5.91 Å². The number of halogens is 2. The van der Waals surface area contributed by atoms with Gasteiger partial charge in [-0.1, -0.05) is 0 Å². The average Bonchev–Trinajstić information content (AvgIpc) is 2.28. The van der Waals surface area contributed by atoms with Crippen LogP contribution in [0.1, 0.15) is 9.67 Å². The molecule has 0 radical (unpaired) electrons. The zero-order valence-electron chi connectivity index (χ0n) is 6.66. The second-order valence-electron chi connectivity index (χ2n) is 2.38. The first-order chi connectivity index (χ1) is 6.29. The highest BCUT2D eigenvalue weighted by Crippen LogP contribution is 2.33. The minimum atomic E-state index is -3.52. The topological polar surface area (TPSA) is 98.2 Å². The van der Waals surface area contributed by atoms with Crippen LogP contribution < -0.4 is 16.1 Å². The van der Waals surface area contributed by atoms with Crippen molar-refractivity contribution in [1.82, 2.24) is 5.09 Å². The van der Waals surface area contributed by atoms with Crippen molar-refractivity contribution in [2.24, 2.45) is 11.0 Å². The summed E-state index contributed by atoms with van der Waals surface area (Å²) in [5.74, 6) is -0.547. The summed E-state index contributed by atoms with van der Waals surface area (Å²) in [5.41, 5.74) is 10.0. The summed E-state index contributed by atoms with van der Waals surface area (Å²) in [7, 11) is -3.52. The molecule has 1 aromatic heterocycles. The standard InChI is InChI=1S/C5H6Br2N3O2PS/c6-2-1-3(14-4(2)7)5(11)10-13(8,9)12/h1H,(H5,8,9,10,11,12). The van der Waals surface area contributed by atoms with E-state index in [9.17, 15) is 9.36 Å². The molecule has 78 valence electrons. The van der Waals surface area contributed by atoms with Gasteiger partial charge in [0.05, 0.1) is 8.66 Å². The van der Waals surface area contributed by atoms with Crippen LogP contribution in [0.2, 0.25) is 0 Å². The number of carbonyl (C=O) groups excluding carboxylic acids is 1. The van der Waals surface area contributed by atoms with Gasteiger partial charge in [0, 0.05) is 4.47 Å².